The van der Waals surface area contributed by atoms with E-state index in [1.807, 2.05) is 18.2 Å². The molecule has 0 saturated heterocycles. The third-order valence-corrected chi connectivity index (χ3v) is 3.11. The molecule has 3 heteroatoms. The van der Waals surface area contributed by atoms with Crippen LogP contribution < -0.4 is 5.73 Å². The molecule has 2 N–H and O–H groups in total. The topological polar surface area (TPSA) is 52.0 Å². The van der Waals surface area contributed by atoms with Gasteiger partial charge in [0.2, 0.25) is 0 Å². The Bertz CT molecular complexity index is 471. The van der Waals surface area contributed by atoms with Crippen LogP contribution in [0.3, 0.4) is 0 Å². The second-order valence-corrected chi connectivity index (χ2v) is 4.06. The molecule has 0 bridgehead atoms. The molecule has 1 aromatic carbocycles. The summed E-state index contributed by atoms with van der Waals surface area (Å²) < 4.78 is 5.27. The van der Waals surface area contributed by atoms with Gasteiger partial charge in [-0.05, 0) is 18.4 Å². The first-order chi connectivity index (χ1) is 7.33. The molecule has 1 aliphatic carbocycles. The normalized spacial score (nSPS) is 17.6. The van der Waals surface area contributed by atoms with Crippen molar-refractivity contribution in [2.45, 2.75) is 18.3 Å². The van der Waals surface area contributed by atoms with Crippen LogP contribution in [-0.4, -0.2) is 5.16 Å². The van der Waals surface area contributed by atoms with Gasteiger partial charge in [0, 0.05) is 0 Å². The van der Waals surface area contributed by atoms with E-state index in [1.54, 1.807) is 6.20 Å². The summed E-state index contributed by atoms with van der Waals surface area (Å²) >= 11 is 0. The van der Waals surface area contributed by atoms with Crippen LogP contribution in [0.5, 0.6) is 0 Å². The average molecular weight is 200 g/mol. The number of nitrogens with zero attached hydrogens (tertiary/aromatic N) is 1. The fraction of sp³-hybridized carbons (Fsp3) is 0.250. The van der Waals surface area contributed by atoms with Crippen LogP contribution in [0.15, 0.2) is 41.1 Å². The molecule has 2 aromatic rings. The largest absolute Gasteiger partial charge is 0.395 e. The molecule has 1 saturated carbocycles. The molecule has 0 unspecified atom stereocenters. The lowest BCUT2D eigenvalue weighted by Crippen LogP contribution is -2.09. The van der Waals surface area contributed by atoms with Crippen molar-refractivity contribution in [1.82, 2.24) is 5.16 Å². The van der Waals surface area contributed by atoms with Crippen LogP contribution in [0.4, 0.5) is 5.69 Å². The third-order valence-electron chi connectivity index (χ3n) is 3.11. The van der Waals surface area contributed by atoms with E-state index in [-0.39, 0.29) is 5.41 Å². The Morgan fingerprint density at radius 3 is 2.47 bits per heavy atom. The lowest BCUT2D eigenvalue weighted by atomic mass is 9.93. The van der Waals surface area contributed by atoms with Crippen molar-refractivity contribution in [1.29, 1.82) is 0 Å². The van der Waals surface area contributed by atoms with E-state index in [2.05, 4.69) is 17.3 Å². The Morgan fingerprint density at radius 1 is 1.20 bits per heavy atom. The van der Waals surface area contributed by atoms with Gasteiger partial charge in [-0.25, -0.2) is 0 Å². The number of anilines is 1. The predicted molar refractivity (Wildman–Crippen MR) is 57.4 cm³/mol. The van der Waals surface area contributed by atoms with Gasteiger partial charge in [0.25, 0.3) is 0 Å². The summed E-state index contributed by atoms with van der Waals surface area (Å²) in [5.41, 5.74) is 7.78. The first-order valence-corrected chi connectivity index (χ1v) is 5.09. The highest BCUT2D eigenvalue weighted by Gasteiger charge is 2.50. The van der Waals surface area contributed by atoms with Gasteiger partial charge < -0.3 is 10.3 Å². The number of hydrogen-bond acceptors (Lipinski definition) is 3. The number of nitrogens with two attached hydrogens (primary N) is 1. The van der Waals surface area contributed by atoms with Crippen molar-refractivity contribution in [2.24, 2.45) is 0 Å². The molecule has 0 spiro atoms. The second-order valence-electron chi connectivity index (χ2n) is 4.06. The van der Waals surface area contributed by atoms with Crippen LogP contribution in [0.25, 0.3) is 0 Å². The highest BCUT2D eigenvalue weighted by molar-refractivity contribution is 5.52. The van der Waals surface area contributed by atoms with E-state index in [0.29, 0.717) is 5.69 Å². The molecule has 0 amide bonds. The molecule has 1 heterocycles. The standard InChI is InChI=1S/C12H12N2O/c13-10-8-14-15-11(10)12(6-7-12)9-4-2-1-3-5-9/h1-5,8H,6-7,13H2. The Hall–Kier alpha value is -1.77. The Labute approximate surface area is 87.9 Å². The van der Waals surface area contributed by atoms with Gasteiger partial charge in [0.15, 0.2) is 5.76 Å². The van der Waals surface area contributed by atoms with Gasteiger partial charge in [-0.15, -0.1) is 0 Å². The van der Waals surface area contributed by atoms with E-state index >= 15 is 0 Å². The molecule has 1 fully saturated rings. The molecule has 3 nitrogen and oxygen atoms in total. The van der Waals surface area contributed by atoms with E-state index in [0.717, 1.165) is 18.6 Å². The highest BCUT2D eigenvalue weighted by atomic mass is 16.5. The smallest absolute Gasteiger partial charge is 0.170 e. The highest BCUT2D eigenvalue weighted by Crippen LogP contribution is 2.54. The van der Waals surface area contributed by atoms with Gasteiger partial charge in [0.1, 0.15) is 0 Å². The van der Waals surface area contributed by atoms with E-state index in [9.17, 15) is 0 Å². The molecule has 15 heavy (non-hydrogen) atoms. The maximum atomic E-state index is 5.85. The third kappa shape index (κ3) is 1.16. The lowest BCUT2D eigenvalue weighted by Gasteiger charge is -2.12. The zero-order chi connectivity index (χ0) is 10.3. The monoisotopic (exact) mass is 200 g/mol. The second kappa shape index (κ2) is 2.86. The van der Waals surface area contributed by atoms with Crippen LogP contribution in [-0.2, 0) is 5.41 Å². The average Bonchev–Trinajstić information content (AvgIpc) is 2.98. The number of aromatic nitrogens is 1. The lowest BCUT2D eigenvalue weighted by molar-refractivity contribution is 0.367. The fourth-order valence-corrected chi connectivity index (χ4v) is 2.14. The van der Waals surface area contributed by atoms with Crippen LogP contribution >= 0.6 is 0 Å². The van der Waals surface area contributed by atoms with Gasteiger partial charge in [-0.1, -0.05) is 35.5 Å². The molecule has 76 valence electrons. The number of nitrogen functional groups attached to an aromatic ring is 1. The van der Waals surface area contributed by atoms with Crippen molar-refractivity contribution in [3.05, 3.63) is 47.9 Å². The summed E-state index contributed by atoms with van der Waals surface area (Å²) in [4.78, 5) is 0. The van der Waals surface area contributed by atoms with Crippen LogP contribution in [0, 0.1) is 0 Å². The predicted octanol–water partition coefficient (Wildman–Crippen LogP) is 2.34. The minimum atomic E-state index is 0.00183. The van der Waals surface area contributed by atoms with E-state index < -0.39 is 0 Å². The summed E-state index contributed by atoms with van der Waals surface area (Å²) in [5.74, 6) is 0.828. The summed E-state index contributed by atoms with van der Waals surface area (Å²) in [5, 5.41) is 3.75. The minimum absolute atomic E-state index is 0.00183. The number of benzene rings is 1. The van der Waals surface area contributed by atoms with Crippen molar-refractivity contribution >= 4 is 5.69 Å². The first kappa shape index (κ1) is 8.53. The minimum Gasteiger partial charge on any atom is -0.395 e. The van der Waals surface area contributed by atoms with Crippen molar-refractivity contribution in [2.75, 3.05) is 5.73 Å². The molecule has 1 aliphatic rings. The quantitative estimate of drug-likeness (QED) is 0.809. The van der Waals surface area contributed by atoms with Gasteiger partial charge >= 0.3 is 0 Å². The summed E-state index contributed by atoms with van der Waals surface area (Å²) in [6.45, 7) is 0. The van der Waals surface area contributed by atoms with Gasteiger partial charge in [-0.2, -0.15) is 0 Å². The number of hydrogen-bond donors (Lipinski definition) is 1. The van der Waals surface area contributed by atoms with Crippen molar-refractivity contribution in [3.8, 4) is 0 Å². The maximum absolute atomic E-state index is 5.85. The maximum Gasteiger partial charge on any atom is 0.170 e. The fourth-order valence-electron chi connectivity index (χ4n) is 2.14. The molecular weight excluding hydrogens is 188 g/mol. The molecule has 0 radical (unpaired) electrons. The zero-order valence-corrected chi connectivity index (χ0v) is 8.31. The van der Waals surface area contributed by atoms with Gasteiger partial charge in [-0.3, -0.25) is 0 Å². The summed E-state index contributed by atoms with van der Waals surface area (Å²) in [6, 6.07) is 10.3. The summed E-state index contributed by atoms with van der Waals surface area (Å²) in [6.07, 6.45) is 3.77. The Balaban J connectivity index is 2.10. The molecule has 1 aromatic heterocycles. The number of rotatable bonds is 2. The molecule has 3 rings (SSSR count). The van der Waals surface area contributed by atoms with E-state index in [4.69, 9.17) is 10.3 Å². The van der Waals surface area contributed by atoms with Crippen LogP contribution in [0.1, 0.15) is 24.2 Å². The SMILES string of the molecule is Nc1cnoc1C1(c2ccccc2)CC1. The Morgan fingerprint density at radius 2 is 1.93 bits per heavy atom. The van der Waals surface area contributed by atoms with Crippen molar-refractivity contribution < 1.29 is 4.52 Å². The molecular formula is C12H12N2O. The van der Waals surface area contributed by atoms with Crippen molar-refractivity contribution in [3.63, 3.8) is 0 Å². The van der Waals surface area contributed by atoms with Gasteiger partial charge in [0.05, 0.1) is 17.3 Å². The van der Waals surface area contributed by atoms with E-state index in [1.165, 1.54) is 5.56 Å². The summed E-state index contributed by atoms with van der Waals surface area (Å²) in [7, 11) is 0. The Kier molecular flexibility index (Phi) is 1.63. The molecule has 0 atom stereocenters. The molecule has 0 aliphatic heterocycles. The first-order valence-electron chi connectivity index (χ1n) is 5.09. The van der Waals surface area contributed by atoms with Crippen LogP contribution in [0.2, 0.25) is 0 Å². The zero-order valence-electron chi connectivity index (χ0n) is 8.31.